The van der Waals surface area contributed by atoms with Crippen LogP contribution < -0.4 is 0 Å². The summed E-state index contributed by atoms with van der Waals surface area (Å²) in [5.41, 5.74) is 1.19. The molecule has 0 N–H and O–H groups in total. The van der Waals surface area contributed by atoms with Crippen LogP contribution in [0.4, 0.5) is 0 Å². The van der Waals surface area contributed by atoms with Gasteiger partial charge in [-0.3, -0.25) is 0 Å². The van der Waals surface area contributed by atoms with Gasteiger partial charge in [-0.2, -0.15) is 0 Å². The summed E-state index contributed by atoms with van der Waals surface area (Å²) < 4.78 is 10.8. The molecular formula is C19H21NO3S. The minimum absolute atomic E-state index is 0.341. The lowest BCUT2D eigenvalue weighted by molar-refractivity contribution is 0.0526. The lowest BCUT2D eigenvalue weighted by Gasteiger charge is -2.02. The van der Waals surface area contributed by atoms with Crippen LogP contribution in [-0.4, -0.2) is 17.6 Å². The van der Waals surface area contributed by atoms with Crippen molar-refractivity contribution in [1.29, 1.82) is 0 Å². The van der Waals surface area contributed by atoms with Crippen molar-refractivity contribution in [3.63, 3.8) is 0 Å². The minimum atomic E-state index is -0.348. The van der Waals surface area contributed by atoms with Gasteiger partial charge in [-0.1, -0.05) is 31.7 Å². The molecule has 0 spiro atoms. The zero-order valence-electron chi connectivity index (χ0n) is 14.3. The highest BCUT2D eigenvalue weighted by Crippen LogP contribution is 2.32. The lowest BCUT2D eigenvalue weighted by atomic mass is 10.1. The second-order valence-corrected chi connectivity index (χ2v) is 5.78. The minimum Gasteiger partial charge on any atom is -0.462 e. The van der Waals surface area contributed by atoms with E-state index >= 15 is 0 Å². The van der Waals surface area contributed by atoms with Crippen LogP contribution in [0.3, 0.4) is 0 Å². The van der Waals surface area contributed by atoms with E-state index in [-0.39, 0.29) is 5.97 Å². The number of ether oxygens (including phenoxy) is 1. The Labute approximate surface area is 146 Å². The fourth-order valence-corrected chi connectivity index (χ4v) is 3.06. The summed E-state index contributed by atoms with van der Waals surface area (Å²) in [6.45, 7) is 7.91. The maximum absolute atomic E-state index is 12.1. The molecular weight excluding hydrogens is 322 g/mol. The zero-order chi connectivity index (χ0) is 17.5. The van der Waals surface area contributed by atoms with Gasteiger partial charge in [0.25, 0.3) is 0 Å². The molecule has 0 aliphatic rings. The summed E-state index contributed by atoms with van der Waals surface area (Å²) in [7, 11) is 0. The number of carbonyl (C=O) groups is 1. The Balaban J connectivity index is 0.00000100. The maximum Gasteiger partial charge on any atom is 0.342 e. The van der Waals surface area contributed by atoms with E-state index < -0.39 is 0 Å². The molecule has 0 radical (unpaired) electrons. The number of carbonyl (C=O) groups excluding carboxylic acids is 1. The van der Waals surface area contributed by atoms with Crippen LogP contribution in [0.5, 0.6) is 0 Å². The van der Waals surface area contributed by atoms with Gasteiger partial charge in [0.2, 0.25) is 0 Å². The van der Waals surface area contributed by atoms with E-state index in [9.17, 15) is 4.79 Å². The van der Waals surface area contributed by atoms with Gasteiger partial charge in [0.15, 0.2) is 0 Å². The van der Waals surface area contributed by atoms with Crippen molar-refractivity contribution < 1.29 is 13.9 Å². The van der Waals surface area contributed by atoms with E-state index in [0.717, 1.165) is 15.3 Å². The predicted octanol–water partition coefficient (Wildman–Crippen LogP) is 5.49. The first-order valence-electron chi connectivity index (χ1n) is 7.98. The Morgan fingerprint density at radius 2 is 2.04 bits per heavy atom. The molecule has 0 unspecified atom stereocenters. The molecule has 0 bridgehead atoms. The van der Waals surface area contributed by atoms with E-state index in [1.54, 1.807) is 31.8 Å². The molecule has 3 rings (SSSR count). The highest BCUT2D eigenvalue weighted by Gasteiger charge is 2.19. The molecule has 0 amide bonds. The van der Waals surface area contributed by atoms with E-state index in [1.807, 2.05) is 50.2 Å². The van der Waals surface area contributed by atoms with Crippen LogP contribution in [-0.2, 0) is 4.74 Å². The van der Waals surface area contributed by atoms with Crippen molar-refractivity contribution in [3.8, 4) is 0 Å². The second-order valence-electron chi connectivity index (χ2n) is 4.68. The van der Waals surface area contributed by atoms with Gasteiger partial charge in [-0.15, -0.1) is 0 Å². The average Bonchev–Trinajstić information content (AvgIpc) is 2.93. The van der Waals surface area contributed by atoms with Gasteiger partial charge < -0.3 is 9.15 Å². The fourth-order valence-electron chi connectivity index (χ4n) is 2.25. The van der Waals surface area contributed by atoms with Crippen LogP contribution in [0.1, 0.15) is 36.9 Å². The molecule has 0 aliphatic heterocycles. The van der Waals surface area contributed by atoms with Crippen molar-refractivity contribution in [2.45, 2.75) is 37.6 Å². The summed E-state index contributed by atoms with van der Waals surface area (Å²) in [6.07, 6.45) is 1.76. The summed E-state index contributed by atoms with van der Waals surface area (Å²) in [5, 5.41) is 1.68. The first-order valence-corrected chi connectivity index (χ1v) is 8.80. The number of esters is 1. The third-order valence-electron chi connectivity index (χ3n) is 3.18. The monoisotopic (exact) mass is 343 g/mol. The standard InChI is InChI=1S/C17H15NO3S.C2H6/c1-3-20-17(19)16-11(2)21-14-8-7-12(10-13(14)16)22-15-6-4-5-9-18-15;1-2/h4-10H,3H2,1-2H3;1-2H3. The number of nitrogens with zero attached hydrogens (tertiary/aromatic N) is 1. The predicted molar refractivity (Wildman–Crippen MR) is 96.6 cm³/mol. The van der Waals surface area contributed by atoms with Crippen LogP contribution >= 0.6 is 11.8 Å². The van der Waals surface area contributed by atoms with Crippen LogP contribution in [0.25, 0.3) is 11.0 Å². The third kappa shape index (κ3) is 3.97. The van der Waals surface area contributed by atoms with Crippen molar-refractivity contribution in [1.82, 2.24) is 4.98 Å². The van der Waals surface area contributed by atoms with E-state index in [2.05, 4.69) is 4.98 Å². The van der Waals surface area contributed by atoms with Crippen molar-refractivity contribution in [2.75, 3.05) is 6.61 Å². The van der Waals surface area contributed by atoms with Gasteiger partial charge in [-0.05, 0) is 44.2 Å². The summed E-state index contributed by atoms with van der Waals surface area (Å²) >= 11 is 1.54. The number of aromatic nitrogens is 1. The molecule has 3 aromatic rings. The number of hydrogen-bond acceptors (Lipinski definition) is 5. The molecule has 4 nitrogen and oxygen atoms in total. The molecule has 0 fully saturated rings. The molecule has 1 aromatic carbocycles. The molecule has 5 heteroatoms. The van der Waals surface area contributed by atoms with E-state index in [1.165, 1.54) is 0 Å². The van der Waals surface area contributed by atoms with Gasteiger partial charge in [0.1, 0.15) is 21.9 Å². The summed E-state index contributed by atoms with van der Waals surface area (Å²) in [5.74, 6) is 0.229. The normalized spacial score (nSPS) is 10.2. The number of fused-ring (bicyclic) bond motifs is 1. The maximum atomic E-state index is 12.1. The van der Waals surface area contributed by atoms with Crippen LogP contribution in [0, 0.1) is 6.92 Å². The van der Waals surface area contributed by atoms with Gasteiger partial charge in [0, 0.05) is 16.5 Å². The SMILES string of the molecule is CC.CCOC(=O)c1c(C)oc2ccc(Sc3ccccn3)cc12. The second kappa shape index (κ2) is 8.55. The summed E-state index contributed by atoms with van der Waals surface area (Å²) in [4.78, 5) is 17.4. The lowest BCUT2D eigenvalue weighted by Crippen LogP contribution is -2.05. The Morgan fingerprint density at radius 1 is 1.25 bits per heavy atom. The first kappa shape index (κ1) is 18.1. The van der Waals surface area contributed by atoms with E-state index in [0.29, 0.717) is 23.5 Å². The number of rotatable bonds is 4. The fraction of sp³-hybridized carbons (Fsp3) is 0.263. The molecule has 0 saturated carbocycles. The number of furan rings is 1. The molecule has 0 saturated heterocycles. The molecule has 0 aliphatic carbocycles. The van der Waals surface area contributed by atoms with Crippen molar-refractivity contribution >= 4 is 28.7 Å². The van der Waals surface area contributed by atoms with Gasteiger partial charge >= 0.3 is 5.97 Å². The Kier molecular flexibility index (Phi) is 6.44. The number of benzene rings is 1. The highest BCUT2D eigenvalue weighted by atomic mass is 32.2. The Hall–Kier alpha value is -2.27. The average molecular weight is 343 g/mol. The number of aryl methyl sites for hydroxylation is 1. The number of pyridine rings is 1. The smallest absolute Gasteiger partial charge is 0.342 e. The zero-order valence-corrected chi connectivity index (χ0v) is 15.1. The third-order valence-corrected chi connectivity index (χ3v) is 4.12. The number of hydrogen-bond donors (Lipinski definition) is 0. The Morgan fingerprint density at radius 3 is 2.71 bits per heavy atom. The highest BCUT2D eigenvalue weighted by molar-refractivity contribution is 7.99. The Bertz CT molecular complexity index is 812. The molecule has 0 atom stereocenters. The summed E-state index contributed by atoms with van der Waals surface area (Å²) in [6, 6.07) is 11.5. The molecule has 24 heavy (non-hydrogen) atoms. The molecule has 2 heterocycles. The quantitative estimate of drug-likeness (QED) is 0.586. The van der Waals surface area contributed by atoms with Gasteiger partial charge in [0.05, 0.1) is 6.61 Å². The van der Waals surface area contributed by atoms with Crippen molar-refractivity contribution in [3.05, 3.63) is 53.9 Å². The van der Waals surface area contributed by atoms with Gasteiger partial charge in [-0.25, -0.2) is 9.78 Å². The molecule has 2 aromatic heterocycles. The largest absolute Gasteiger partial charge is 0.462 e. The van der Waals surface area contributed by atoms with E-state index in [4.69, 9.17) is 9.15 Å². The molecule has 126 valence electrons. The first-order chi connectivity index (χ1) is 11.7. The van der Waals surface area contributed by atoms with Crippen LogP contribution in [0.2, 0.25) is 0 Å². The topological polar surface area (TPSA) is 52.3 Å². The van der Waals surface area contributed by atoms with Crippen LogP contribution in [0.15, 0.2) is 56.9 Å². The van der Waals surface area contributed by atoms with Crippen molar-refractivity contribution in [2.24, 2.45) is 0 Å².